The van der Waals surface area contributed by atoms with Crippen molar-refractivity contribution in [1.82, 2.24) is 15.3 Å². The van der Waals surface area contributed by atoms with Crippen molar-refractivity contribution in [3.05, 3.63) is 113 Å². The molecule has 0 bridgehead atoms. The number of ether oxygens (including phenoxy) is 6. The van der Waals surface area contributed by atoms with E-state index in [0.29, 0.717) is 70.4 Å². The van der Waals surface area contributed by atoms with Crippen LogP contribution in [0.1, 0.15) is 50.5 Å². The Kier molecular flexibility index (Phi) is 12.6. The number of rotatable bonds is 13. The molecular weight excluding hydrogens is 823 g/mol. The topological polar surface area (TPSA) is 136 Å². The maximum absolute atomic E-state index is 14.3. The van der Waals surface area contributed by atoms with Crippen molar-refractivity contribution < 1.29 is 42.1 Å². The van der Waals surface area contributed by atoms with Gasteiger partial charge in [0.15, 0.2) is 46.1 Å². The zero-order valence-electron chi connectivity index (χ0n) is 36.2. The van der Waals surface area contributed by atoms with Gasteiger partial charge in [0.1, 0.15) is 11.5 Å². The van der Waals surface area contributed by atoms with Crippen LogP contribution in [0.3, 0.4) is 0 Å². The molecule has 4 unspecified atom stereocenters. The molecule has 1 saturated heterocycles. The normalized spacial score (nSPS) is 22.1. The minimum atomic E-state index is -0.822. The molecular formula is C50H52F2N4O8. The molecule has 3 aliphatic carbocycles. The highest BCUT2D eigenvalue weighted by atomic mass is 19.1. The first-order valence-corrected chi connectivity index (χ1v) is 22.1. The number of pyridine rings is 2. The fourth-order valence-corrected chi connectivity index (χ4v) is 10.3. The van der Waals surface area contributed by atoms with Crippen LogP contribution in [-0.2, 0) is 0 Å². The lowest BCUT2D eigenvalue weighted by atomic mass is 10.0. The molecule has 3 heterocycles. The van der Waals surface area contributed by atoms with Crippen LogP contribution >= 0.6 is 0 Å². The first-order valence-electron chi connectivity index (χ1n) is 22.1. The van der Waals surface area contributed by atoms with Gasteiger partial charge in [0.05, 0.1) is 49.5 Å². The standard InChI is InChI=1S/C26H28FNO3.C24H24FN3O5/c1-16-6-7-24(21(27)10-16)31-23-8-9-28-22-14-26(25(29-2)13-20(22)23)30-15-17-11-18-4-3-5-19(18)12-17;1-31-23-9-18-20(10-24(23)32-13-14-6-15-11-26-12-16(15)7-14)27-5-4-21(18)33-22-3-2-17(28(29)30)8-19(22)25/h6-10,13-14,17-19H,3-5,11-12,15H2,1-2H3;2-5,8-10,14-16,26H,6-7,11-13H2,1H3. The molecule has 334 valence electrons. The maximum atomic E-state index is 14.3. The Balaban J connectivity index is 0.000000162. The number of aromatic nitrogens is 2. The van der Waals surface area contributed by atoms with E-state index in [9.17, 15) is 18.9 Å². The molecule has 0 amide bonds. The van der Waals surface area contributed by atoms with Gasteiger partial charge < -0.3 is 33.7 Å². The van der Waals surface area contributed by atoms with E-state index in [-0.39, 0.29) is 17.2 Å². The number of hydrogen-bond donors (Lipinski definition) is 1. The average molecular weight is 875 g/mol. The molecule has 0 spiro atoms. The van der Waals surface area contributed by atoms with Crippen molar-refractivity contribution in [3.8, 4) is 46.0 Å². The van der Waals surface area contributed by atoms with Gasteiger partial charge in [-0.3, -0.25) is 20.1 Å². The lowest BCUT2D eigenvalue weighted by Gasteiger charge is -2.17. The Morgan fingerprint density at radius 1 is 0.625 bits per heavy atom. The van der Waals surface area contributed by atoms with Crippen molar-refractivity contribution in [2.45, 2.75) is 51.9 Å². The SMILES string of the molecule is COc1cc2c(Oc3ccc(C)cc3F)ccnc2cc1OCC1CC2CCCC2C1.COc1cc2c(Oc3ccc([N+](=O)[O-])cc3F)ccnc2cc1OCC1CC2CNCC2C1. The predicted octanol–water partition coefficient (Wildman–Crippen LogP) is 11.4. The van der Waals surface area contributed by atoms with Crippen molar-refractivity contribution in [2.24, 2.45) is 35.5 Å². The molecule has 4 fully saturated rings. The van der Waals surface area contributed by atoms with E-state index >= 15 is 0 Å². The maximum Gasteiger partial charge on any atom is 0.272 e. The summed E-state index contributed by atoms with van der Waals surface area (Å²) in [6, 6.07) is 18.8. The lowest BCUT2D eigenvalue weighted by molar-refractivity contribution is -0.385. The van der Waals surface area contributed by atoms with Crippen molar-refractivity contribution in [2.75, 3.05) is 40.5 Å². The third-order valence-electron chi connectivity index (χ3n) is 13.4. The molecule has 2 aromatic heterocycles. The van der Waals surface area contributed by atoms with Gasteiger partial charge in [-0.05, 0) is 129 Å². The molecule has 10 rings (SSSR count). The van der Waals surface area contributed by atoms with Gasteiger partial charge in [0.2, 0.25) is 0 Å². The number of non-ortho nitro benzene ring substituents is 1. The van der Waals surface area contributed by atoms with Gasteiger partial charge >= 0.3 is 0 Å². The molecule has 64 heavy (non-hydrogen) atoms. The summed E-state index contributed by atoms with van der Waals surface area (Å²) in [4.78, 5) is 19.1. The Bertz CT molecular complexity index is 2640. The second-order valence-electron chi connectivity index (χ2n) is 17.6. The van der Waals surface area contributed by atoms with Gasteiger partial charge in [-0.2, -0.15) is 0 Å². The number of nitrogens with one attached hydrogen (secondary N) is 1. The van der Waals surface area contributed by atoms with E-state index < -0.39 is 16.6 Å². The van der Waals surface area contributed by atoms with E-state index in [2.05, 4.69) is 15.3 Å². The molecule has 3 saturated carbocycles. The van der Waals surface area contributed by atoms with E-state index in [4.69, 9.17) is 28.4 Å². The van der Waals surface area contributed by atoms with Crippen LogP contribution in [0.4, 0.5) is 14.5 Å². The van der Waals surface area contributed by atoms with Crippen LogP contribution in [0.25, 0.3) is 21.8 Å². The smallest absolute Gasteiger partial charge is 0.272 e. The van der Waals surface area contributed by atoms with E-state index in [1.54, 1.807) is 56.9 Å². The highest BCUT2D eigenvalue weighted by molar-refractivity contribution is 5.89. The largest absolute Gasteiger partial charge is 0.493 e. The Morgan fingerprint density at radius 2 is 1.12 bits per heavy atom. The lowest BCUT2D eigenvalue weighted by Crippen LogP contribution is -2.15. The van der Waals surface area contributed by atoms with Gasteiger partial charge in [0.25, 0.3) is 5.69 Å². The molecule has 6 aromatic rings. The van der Waals surface area contributed by atoms with Gasteiger partial charge in [-0.15, -0.1) is 0 Å². The average Bonchev–Trinajstić information content (AvgIpc) is 4.10. The van der Waals surface area contributed by atoms with Crippen LogP contribution in [-0.4, -0.2) is 55.4 Å². The van der Waals surface area contributed by atoms with E-state index in [0.717, 1.165) is 59.3 Å². The van der Waals surface area contributed by atoms with Gasteiger partial charge in [-0.25, -0.2) is 8.78 Å². The fraction of sp³-hybridized carbons (Fsp3) is 0.400. The summed E-state index contributed by atoms with van der Waals surface area (Å²) in [5.41, 5.74) is 1.84. The number of halogens is 2. The molecule has 14 heteroatoms. The summed E-state index contributed by atoms with van der Waals surface area (Å²) < 4.78 is 63.8. The van der Waals surface area contributed by atoms with Crippen LogP contribution in [0.15, 0.2) is 85.2 Å². The molecule has 1 N–H and O–H groups in total. The fourth-order valence-electron chi connectivity index (χ4n) is 10.3. The van der Waals surface area contributed by atoms with Gasteiger partial charge in [-0.1, -0.05) is 25.3 Å². The van der Waals surface area contributed by atoms with Gasteiger partial charge in [0, 0.05) is 41.4 Å². The number of benzene rings is 4. The summed E-state index contributed by atoms with van der Waals surface area (Å²) in [7, 11) is 3.19. The van der Waals surface area contributed by atoms with E-state index in [1.165, 1.54) is 63.1 Å². The first-order chi connectivity index (χ1) is 31.1. The second-order valence-corrected chi connectivity index (χ2v) is 17.6. The number of hydrogen-bond acceptors (Lipinski definition) is 11. The number of fused-ring (bicyclic) bond motifs is 4. The first kappa shape index (κ1) is 43.0. The molecule has 4 atom stereocenters. The Morgan fingerprint density at radius 3 is 1.61 bits per heavy atom. The zero-order valence-corrected chi connectivity index (χ0v) is 36.2. The quantitative estimate of drug-likeness (QED) is 0.0877. The van der Waals surface area contributed by atoms with Crippen LogP contribution in [0.2, 0.25) is 0 Å². The number of nitrogens with zero attached hydrogens (tertiary/aromatic N) is 3. The molecule has 4 aromatic carbocycles. The number of nitro groups is 1. The van der Waals surface area contributed by atoms with Crippen LogP contribution in [0, 0.1) is 64.2 Å². The number of nitro benzene ring substituents is 1. The summed E-state index contributed by atoms with van der Waals surface area (Å²) in [6.07, 6.45) is 12.3. The Hall–Kier alpha value is -6.28. The summed E-state index contributed by atoms with van der Waals surface area (Å²) in [5, 5.41) is 15.7. The highest BCUT2D eigenvalue weighted by Gasteiger charge is 2.38. The van der Waals surface area contributed by atoms with Crippen LogP contribution < -0.4 is 33.7 Å². The van der Waals surface area contributed by atoms with E-state index in [1.807, 2.05) is 25.1 Å². The monoisotopic (exact) mass is 874 g/mol. The Labute approximate surface area is 370 Å². The highest BCUT2D eigenvalue weighted by Crippen LogP contribution is 2.47. The third kappa shape index (κ3) is 9.33. The van der Waals surface area contributed by atoms with Crippen molar-refractivity contribution >= 4 is 27.5 Å². The summed E-state index contributed by atoms with van der Waals surface area (Å²) in [5.74, 6) is 6.63. The number of methoxy groups -OCH3 is 2. The summed E-state index contributed by atoms with van der Waals surface area (Å²) >= 11 is 0. The zero-order chi connectivity index (χ0) is 44.3. The molecule has 12 nitrogen and oxygen atoms in total. The minimum Gasteiger partial charge on any atom is -0.493 e. The summed E-state index contributed by atoms with van der Waals surface area (Å²) in [6.45, 7) is 5.38. The number of aryl methyl sites for hydroxylation is 1. The minimum absolute atomic E-state index is 0.117. The van der Waals surface area contributed by atoms with Crippen molar-refractivity contribution in [3.63, 3.8) is 0 Å². The second kappa shape index (κ2) is 18.8. The molecule has 4 aliphatic rings. The van der Waals surface area contributed by atoms with Crippen molar-refractivity contribution in [1.29, 1.82) is 0 Å². The van der Waals surface area contributed by atoms with Crippen LogP contribution in [0.5, 0.6) is 46.0 Å². The predicted molar refractivity (Wildman–Crippen MR) is 238 cm³/mol. The molecule has 0 radical (unpaired) electrons. The third-order valence-corrected chi connectivity index (χ3v) is 13.4. The molecule has 1 aliphatic heterocycles.